The number of aromatic carboxylic acids is 1. The van der Waals surface area contributed by atoms with E-state index in [-0.39, 0.29) is 6.04 Å². The molecule has 9 heteroatoms. The maximum atomic E-state index is 13.6. The minimum absolute atomic E-state index is 0.0584. The van der Waals surface area contributed by atoms with Gasteiger partial charge >= 0.3 is 5.97 Å². The maximum absolute atomic E-state index is 13.6. The first-order valence-corrected chi connectivity index (χ1v) is 9.10. The lowest BCUT2D eigenvalue weighted by Crippen LogP contribution is -2.42. The summed E-state index contributed by atoms with van der Waals surface area (Å²) in [6, 6.07) is 2.52. The van der Waals surface area contributed by atoms with Crippen LogP contribution >= 0.6 is 0 Å². The summed E-state index contributed by atoms with van der Waals surface area (Å²) in [4.78, 5) is 22.1. The topological polar surface area (TPSA) is 113 Å². The number of hydrogen-bond acceptors (Lipinski definition) is 4. The molecule has 1 aliphatic rings. The Morgan fingerprint density at radius 3 is 2.46 bits per heavy atom. The molecule has 1 aromatic carbocycles. The number of carbonyl (C=O) groups excluding carboxylic acids is 1. The number of carbonyl (C=O) groups is 2. The van der Waals surface area contributed by atoms with E-state index in [1.54, 1.807) is 0 Å². The predicted octanol–water partition coefficient (Wildman–Crippen LogP) is 1.25. The Morgan fingerprint density at radius 2 is 1.88 bits per heavy atom. The monoisotopic (exact) mass is 358 g/mol. The summed E-state index contributed by atoms with van der Waals surface area (Å²) >= 11 is 0. The van der Waals surface area contributed by atoms with E-state index in [0.717, 1.165) is 44.2 Å². The number of benzene rings is 1. The molecule has 0 bridgehead atoms. The van der Waals surface area contributed by atoms with Crippen molar-refractivity contribution in [2.45, 2.75) is 43.0 Å². The van der Waals surface area contributed by atoms with Crippen molar-refractivity contribution in [3.63, 3.8) is 0 Å². The Morgan fingerprint density at radius 1 is 1.21 bits per heavy atom. The van der Waals surface area contributed by atoms with Gasteiger partial charge in [0, 0.05) is 6.04 Å². The van der Waals surface area contributed by atoms with Gasteiger partial charge in [0.15, 0.2) is 0 Å². The number of sulfonamides is 1. The minimum Gasteiger partial charge on any atom is -0.478 e. The Balaban J connectivity index is 1.96. The second-order valence-electron chi connectivity index (χ2n) is 5.67. The van der Waals surface area contributed by atoms with Gasteiger partial charge in [-0.25, -0.2) is 22.3 Å². The SMILES string of the molecule is O=C(CNS(=O)(=O)c1ccc(C(=O)O)c(F)c1)NC1CCCCC1. The van der Waals surface area contributed by atoms with Gasteiger partial charge in [-0.2, -0.15) is 0 Å². The van der Waals surface area contributed by atoms with Crippen molar-refractivity contribution in [2.75, 3.05) is 6.54 Å². The molecule has 3 N–H and O–H groups in total. The van der Waals surface area contributed by atoms with E-state index in [2.05, 4.69) is 10.0 Å². The molecule has 132 valence electrons. The number of carboxylic acid groups (broad SMARTS) is 1. The first kappa shape index (κ1) is 18.3. The maximum Gasteiger partial charge on any atom is 0.338 e. The molecule has 1 aromatic rings. The van der Waals surface area contributed by atoms with Crippen LogP contribution in [-0.4, -0.2) is 38.0 Å². The van der Waals surface area contributed by atoms with Crippen LogP contribution in [0.15, 0.2) is 23.1 Å². The van der Waals surface area contributed by atoms with Crippen molar-refractivity contribution in [3.05, 3.63) is 29.6 Å². The summed E-state index contributed by atoms with van der Waals surface area (Å²) in [6.45, 7) is -0.457. The average molecular weight is 358 g/mol. The predicted molar refractivity (Wildman–Crippen MR) is 83.6 cm³/mol. The van der Waals surface area contributed by atoms with Crippen molar-refractivity contribution in [1.82, 2.24) is 10.0 Å². The normalized spacial score (nSPS) is 15.9. The van der Waals surface area contributed by atoms with Gasteiger partial charge in [0.2, 0.25) is 15.9 Å². The second kappa shape index (κ2) is 7.71. The van der Waals surface area contributed by atoms with E-state index in [9.17, 15) is 22.4 Å². The molecule has 0 aliphatic heterocycles. The zero-order valence-electron chi connectivity index (χ0n) is 12.9. The van der Waals surface area contributed by atoms with Crippen molar-refractivity contribution in [3.8, 4) is 0 Å². The van der Waals surface area contributed by atoms with Gasteiger partial charge in [-0.05, 0) is 31.0 Å². The number of halogens is 1. The van der Waals surface area contributed by atoms with E-state index in [0.29, 0.717) is 6.07 Å². The highest BCUT2D eigenvalue weighted by atomic mass is 32.2. The molecule has 2 rings (SSSR count). The summed E-state index contributed by atoms with van der Waals surface area (Å²) in [5, 5.41) is 11.5. The Labute approximate surface area is 139 Å². The molecule has 1 saturated carbocycles. The van der Waals surface area contributed by atoms with E-state index in [1.807, 2.05) is 0 Å². The summed E-state index contributed by atoms with van der Waals surface area (Å²) in [5.74, 6) is -3.10. The fraction of sp³-hybridized carbons (Fsp3) is 0.467. The van der Waals surface area contributed by atoms with Crippen LogP contribution in [0.5, 0.6) is 0 Å². The third kappa shape index (κ3) is 4.75. The van der Waals surface area contributed by atoms with Gasteiger partial charge in [0.05, 0.1) is 17.0 Å². The van der Waals surface area contributed by atoms with Gasteiger partial charge < -0.3 is 10.4 Å². The lowest BCUT2D eigenvalue weighted by molar-refractivity contribution is -0.120. The standard InChI is InChI=1S/C15H19FN2O5S/c16-13-8-11(6-7-12(13)15(20)21)24(22,23)17-9-14(19)18-10-4-2-1-3-5-10/h6-8,10,17H,1-5,9H2,(H,18,19)(H,20,21). The highest BCUT2D eigenvalue weighted by Crippen LogP contribution is 2.17. The Bertz CT molecular complexity index is 729. The molecule has 1 fully saturated rings. The van der Waals surface area contributed by atoms with E-state index in [4.69, 9.17) is 5.11 Å². The van der Waals surface area contributed by atoms with Crippen LogP contribution in [0.3, 0.4) is 0 Å². The molecule has 24 heavy (non-hydrogen) atoms. The molecule has 0 aromatic heterocycles. The zero-order chi connectivity index (χ0) is 17.7. The molecule has 0 unspecified atom stereocenters. The summed E-state index contributed by atoms with van der Waals surface area (Å²) < 4.78 is 39.8. The Hall–Kier alpha value is -2.00. The summed E-state index contributed by atoms with van der Waals surface area (Å²) in [7, 11) is -4.10. The molecule has 0 heterocycles. The highest BCUT2D eigenvalue weighted by molar-refractivity contribution is 7.89. The fourth-order valence-corrected chi connectivity index (χ4v) is 3.60. The lowest BCUT2D eigenvalue weighted by Gasteiger charge is -2.22. The Kier molecular flexibility index (Phi) is 5.89. The molecule has 7 nitrogen and oxygen atoms in total. The molecule has 0 spiro atoms. The minimum atomic E-state index is -4.10. The van der Waals surface area contributed by atoms with Crippen molar-refractivity contribution >= 4 is 21.9 Å². The van der Waals surface area contributed by atoms with Crippen molar-refractivity contribution in [2.24, 2.45) is 0 Å². The molecule has 0 radical (unpaired) electrons. The first-order valence-electron chi connectivity index (χ1n) is 7.61. The van der Waals surface area contributed by atoms with Crippen LogP contribution in [0.1, 0.15) is 42.5 Å². The van der Waals surface area contributed by atoms with Gasteiger partial charge in [0.25, 0.3) is 0 Å². The summed E-state index contributed by atoms with van der Waals surface area (Å²) in [6.07, 6.45) is 4.95. The van der Waals surface area contributed by atoms with Gasteiger partial charge in [0.1, 0.15) is 5.82 Å². The van der Waals surface area contributed by atoms with E-state index < -0.39 is 44.7 Å². The quantitative estimate of drug-likeness (QED) is 0.708. The van der Waals surface area contributed by atoms with Crippen LogP contribution in [-0.2, 0) is 14.8 Å². The van der Waals surface area contributed by atoms with Crippen LogP contribution in [0.2, 0.25) is 0 Å². The number of carboxylic acids is 1. The highest BCUT2D eigenvalue weighted by Gasteiger charge is 2.21. The number of amides is 1. The average Bonchev–Trinajstić information content (AvgIpc) is 2.53. The molecule has 1 amide bonds. The lowest BCUT2D eigenvalue weighted by atomic mass is 9.95. The smallest absolute Gasteiger partial charge is 0.338 e. The van der Waals surface area contributed by atoms with Crippen LogP contribution in [0.25, 0.3) is 0 Å². The molecular formula is C15H19FN2O5S. The largest absolute Gasteiger partial charge is 0.478 e. The van der Waals surface area contributed by atoms with Crippen LogP contribution < -0.4 is 10.0 Å². The van der Waals surface area contributed by atoms with E-state index in [1.165, 1.54) is 0 Å². The van der Waals surface area contributed by atoms with Crippen LogP contribution in [0.4, 0.5) is 4.39 Å². The second-order valence-corrected chi connectivity index (χ2v) is 7.44. The number of hydrogen-bond donors (Lipinski definition) is 3. The van der Waals surface area contributed by atoms with Gasteiger partial charge in [-0.1, -0.05) is 19.3 Å². The third-order valence-electron chi connectivity index (χ3n) is 3.87. The molecular weight excluding hydrogens is 339 g/mol. The number of nitrogens with one attached hydrogen (secondary N) is 2. The van der Waals surface area contributed by atoms with Crippen molar-refractivity contribution < 1.29 is 27.5 Å². The first-order chi connectivity index (χ1) is 11.3. The third-order valence-corrected chi connectivity index (χ3v) is 5.27. The van der Waals surface area contributed by atoms with Crippen LogP contribution in [0, 0.1) is 5.82 Å². The molecule has 1 aliphatic carbocycles. The van der Waals surface area contributed by atoms with Gasteiger partial charge in [-0.15, -0.1) is 0 Å². The van der Waals surface area contributed by atoms with Gasteiger partial charge in [-0.3, -0.25) is 4.79 Å². The molecule has 0 atom stereocenters. The summed E-state index contributed by atoms with van der Waals surface area (Å²) in [5.41, 5.74) is -0.621. The fourth-order valence-electron chi connectivity index (χ4n) is 2.61. The molecule has 0 saturated heterocycles. The van der Waals surface area contributed by atoms with E-state index >= 15 is 0 Å². The zero-order valence-corrected chi connectivity index (χ0v) is 13.7. The number of rotatable bonds is 6. The van der Waals surface area contributed by atoms with Crippen molar-refractivity contribution in [1.29, 1.82) is 0 Å².